The van der Waals surface area contributed by atoms with E-state index in [-0.39, 0.29) is 35.1 Å². The number of carbonyl (C=O) groups excluding carboxylic acids is 2. The van der Waals surface area contributed by atoms with Crippen molar-refractivity contribution in [2.24, 2.45) is 22.7 Å². The minimum Gasteiger partial charge on any atom is -0.458 e. The molecule has 2 saturated heterocycles. The van der Waals surface area contributed by atoms with Crippen LogP contribution in [0.4, 0.5) is 5.69 Å². The van der Waals surface area contributed by atoms with E-state index in [0.717, 1.165) is 25.7 Å². The van der Waals surface area contributed by atoms with Crippen molar-refractivity contribution >= 4 is 23.7 Å². The average Bonchev–Trinajstić information content (AvgIpc) is 3.26. The number of esters is 2. The molecule has 5 rings (SSSR count). The number of hydrogen-bond acceptors (Lipinski definition) is 8. The molecule has 1 unspecified atom stereocenters. The van der Waals surface area contributed by atoms with E-state index in [4.69, 9.17) is 18.9 Å². The van der Waals surface area contributed by atoms with Crippen LogP contribution < -0.4 is 0 Å². The number of rotatable bonds is 6. The second-order valence-corrected chi connectivity index (χ2v) is 12.7. The Morgan fingerprint density at radius 2 is 1.90 bits per heavy atom. The fraction of sp³-hybridized carbons (Fsp3) is 0.562. The van der Waals surface area contributed by atoms with Crippen molar-refractivity contribution in [3.05, 3.63) is 69.8 Å². The Kier molecular flexibility index (Phi) is 7.72. The Labute approximate surface area is 240 Å². The summed E-state index contributed by atoms with van der Waals surface area (Å²) in [7, 11) is 0. The number of nitro groups is 1. The molecule has 0 spiro atoms. The molecule has 220 valence electrons. The van der Waals surface area contributed by atoms with Gasteiger partial charge in [-0.1, -0.05) is 32.1 Å². The lowest BCUT2D eigenvalue weighted by atomic mass is 9.46. The van der Waals surface area contributed by atoms with E-state index in [9.17, 15) is 19.7 Å². The van der Waals surface area contributed by atoms with Gasteiger partial charge in [-0.15, -0.1) is 0 Å². The number of cyclic esters (lactones) is 1. The van der Waals surface area contributed by atoms with Crippen molar-refractivity contribution in [2.45, 2.75) is 77.8 Å². The van der Waals surface area contributed by atoms with Crippen LogP contribution in [0.15, 0.2) is 54.1 Å². The van der Waals surface area contributed by atoms with Gasteiger partial charge in [-0.25, -0.2) is 9.59 Å². The highest BCUT2D eigenvalue weighted by Crippen LogP contribution is 2.63. The molecule has 9 heteroatoms. The second kappa shape index (κ2) is 10.8. The summed E-state index contributed by atoms with van der Waals surface area (Å²) in [6.07, 6.45) is 8.47. The average molecular weight is 566 g/mol. The Balaban J connectivity index is 1.28. The zero-order valence-electron chi connectivity index (χ0n) is 24.2. The van der Waals surface area contributed by atoms with Crippen molar-refractivity contribution in [3.63, 3.8) is 0 Å². The van der Waals surface area contributed by atoms with Crippen molar-refractivity contribution < 1.29 is 33.5 Å². The Bertz CT molecular complexity index is 1300. The third-order valence-corrected chi connectivity index (χ3v) is 9.77. The van der Waals surface area contributed by atoms with Crippen LogP contribution >= 0.6 is 0 Å². The van der Waals surface area contributed by atoms with Gasteiger partial charge >= 0.3 is 11.9 Å². The first-order chi connectivity index (χ1) is 19.3. The van der Waals surface area contributed by atoms with Crippen molar-refractivity contribution in [3.8, 4) is 0 Å². The molecule has 2 aliphatic carbocycles. The summed E-state index contributed by atoms with van der Waals surface area (Å²) in [4.78, 5) is 35.5. The summed E-state index contributed by atoms with van der Waals surface area (Å²) < 4.78 is 23.4. The lowest BCUT2D eigenvalue weighted by molar-refractivity contribution is -0.384. The van der Waals surface area contributed by atoms with Gasteiger partial charge in [-0.3, -0.25) is 10.1 Å². The topological polar surface area (TPSA) is 114 Å². The van der Waals surface area contributed by atoms with Gasteiger partial charge in [0.05, 0.1) is 23.2 Å². The van der Waals surface area contributed by atoms with Gasteiger partial charge in [-0.05, 0) is 87.0 Å². The quantitative estimate of drug-likeness (QED) is 0.137. The first kappa shape index (κ1) is 29.2. The van der Waals surface area contributed by atoms with Crippen LogP contribution in [0.5, 0.6) is 0 Å². The van der Waals surface area contributed by atoms with Gasteiger partial charge in [0, 0.05) is 23.6 Å². The zero-order valence-corrected chi connectivity index (χ0v) is 24.2. The lowest BCUT2D eigenvalue weighted by Crippen LogP contribution is -2.62. The molecule has 0 bridgehead atoms. The van der Waals surface area contributed by atoms with Crippen LogP contribution in [-0.2, 0) is 28.5 Å². The molecule has 0 N–H and O–H groups in total. The summed E-state index contributed by atoms with van der Waals surface area (Å²) >= 11 is 0. The van der Waals surface area contributed by atoms with E-state index in [1.54, 1.807) is 12.1 Å². The maximum absolute atomic E-state index is 12.6. The summed E-state index contributed by atoms with van der Waals surface area (Å²) in [6.45, 7) is 13.7. The molecule has 4 aliphatic rings. The monoisotopic (exact) mass is 565 g/mol. The van der Waals surface area contributed by atoms with Crippen molar-refractivity contribution in [1.29, 1.82) is 0 Å². The van der Waals surface area contributed by atoms with Gasteiger partial charge in [0.25, 0.3) is 5.69 Å². The number of benzene rings is 1. The van der Waals surface area contributed by atoms with Gasteiger partial charge in [0.1, 0.15) is 6.61 Å². The standard InChI is InChI=1S/C32H39NO8/c1-20-6-14-26-31(4,17-16-27-32(26,5)19-39-30(2,3)41-27)24(20)13-12-23-25(18-38-29(23)35)40-28(34)15-9-21-7-10-22(11-8-21)33(36)37/h7-12,15,24-27H,1,6,13-14,16-19H2,2-5H3/b15-9+,23-12+/t24-,25-,26?,27-,31+,32+/m1/s1. The third kappa shape index (κ3) is 5.62. The number of allylic oxidation sites excluding steroid dienone is 2. The van der Waals surface area contributed by atoms with Crippen LogP contribution in [0, 0.1) is 32.8 Å². The molecule has 6 atom stereocenters. The third-order valence-electron chi connectivity index (χ3n) is 9.77. The number of nitrogens with zero attached hydrogens (tertiary/aromatic N) is 1. The maximum atomic E-state index is 12.6. The number of non-ortho nitro benzene ring substituents is 1. The molecular weight excluding hydrogens is 526 g/mol. The molecule has 9 nitrogen and oxygen atoms in total. The first-order valence-electron chi connectivity index (χ1n) is 14.3. The highest BCUT2D eigenvalue weighted by molar-refractivity contribution is 5.93. The van der Waals surface area contributed by atoms with E-state index in [1.807, 2.05) is 19.9 Å². The lowest BCUT2D eigenvalue weighted by Gasteiger charge is -2.63. The van der Waals surface area contributed by atoms with E-state index < -0.39 is 28.8 Å². The smallest absolute Gasteiger partial charge is 0.337 e. The molecule has 0 amide bonds. The molecule has 41 heavy (non-hydrogen) atoms. The van der Waals surface area contributed by atoms with Crippen LogP contribution in [-0.4, -0.2) is 48.1 Å². The number of hydrogen-bond donors (Lipinski definition) is 0. The number of nitro benzene ring substituents is 1. The molecule has 2 aliphatic heterocycles. The first-order valence-corrected chi connectivity index (χ1v) is 14.3. The maximum Gasteiger partial charge on any atom is 0.337 e. The number of fused-ring (bicyclic) bond motifs is 3. The fourth-order valence-corrected chi connectivity index (χ4v) is 7.56. The summed E-state index contributed by atoms with van der Waals surface area (Å²) in [5.74, 6) is -1.14. The molecule has 0 radical (unpaired) electrons. The van der Waals surface area contributed by atoms with E-state index >= 15 is 0 Å². The molecule has 1 aromatic carbocycles. The normalized spacial score (nSPS) is 35.6. The molecule has 1 aromatic rings. The second-order valence-electron chi connectivity index (χ2n) is 12.7. The van der Waals surface area contributed by atoms with Crippen LogP contribution in [0.2, 0.25) is 0 Å². The van der Waals surface area contributed by atoms with Gasteiger partial charge in [0.15, 0.2) is 11.9 Å². The molecule has 0 aromatic heterocycles. The van der Waals surface area contributed by atoms with E-state index in [1.165, 1.54) is 29.9 Å². The Morgan fingerprint density at radius 1 is 1.17 bits per heavy atom. The largest absolute Gasteiger partial charge is 0.458 e. The SMILES string of the molecule is C=C1CCC2[C@]3(C)COC(C)(C)O[C@@H]3CC[C@@]2(C)[C@@H]1C/C=C1/C(=O)OC[C@H]1OC(=O)/C=C/c1ccc([N+](=O)[O-])cc1. The number of carbonyl (C=O) groups is 2. The van der Waals surface area contributed by atoms with Gasteiger partial charge in [-0.2, -0.15) is 0 Å². The van der Waals surface area contributed by atoms with Gasteiger partial charge < -0.3 is 18.9 Å². The zero-order chi connectivity index (χ0) is 29.6. The molecule has 4 fully saturated rings. The molecule has 2 heterocycles. The van der Waals surface area contributed by atoms with Crippen LogP contribution in [0.25, 0.3) is 6.08 Å². The summed E-state index contributed by atoms with van der Waals surface area (Å²) in [6, 6.07) is 5.81. The van der Waals surface area contributed by atoms with Crippen molar-refractivity contribution in [1.82, 2.24) is 0 Å². The highest BCUT2D eigenvalue weighted by Gasteiger charge is 2.60. The fourth-order valence-electron chi connectivity index (χ4n) is 7.56. The number of ether oxygens (including phenoxy) is 4. The summed E-state index contributed by atoms with van der Waals surface area (Å²) in [5.41, 5.74) is 1.98. The minimum absolute atomic E-state index is 0.0303. The van der Waals surface area contributed by atoms with Crippen LogP contribution in [0.3, 0.4) is 0 Å². The Morgan fingerprint density at radius 3 is 2.61 bits per heavy atom. The predicted octanol–water partition coefficient (Wildman–Crippen LogP) is 5.93. The van der Waals surface area contributed by atoms with E-state index in [2.05, 4.69) is 20.4 Å². The van der Waals surface area contributed by atoms with E-state index in [0.29, 0.717) is 30.1 Å². The molecular formula is C32H39NO8. The molecule has 2 saturated carbocycles. The Hall–Kier alpha value is -3.30. The summed E-state index contributed by atoms with van der Waals surface area (Å²) in [5, 5.41) is 10.8. The highest BCUT2D eigenvalue weighted by atomic mass is 16.7. The minimum atomic E-state index is -0.799. The predicted molar refractivity (Wildman–Crippen MR) is 151 cm³/mol. The van der Waals surface area contributed by atoms with Gasteiger partial charge in [0.2, 0.25) is 0 Å². The van der Waals surface area contributed by atoms with Crippen LogP contribution in [0.1, 0.15) is 65.4 Å². The van der Waals surface area contributed by atoms with Crippen molar-refractivity contribution in [2.75, 3.05) is 13.2 Å².